The van der Waals surface area contributed by atoms with E-state index < -0.39 is 5.67 Å². The minimum Gasteiger partial charge on any atom is -0.258 e. The molecule has 1 nitrogen and oxygen atoms in total. The summed E-state index contributed by atoms with van der Waals surface area (Å²) in [4.78, 5) is 4.03. The van der Waals surface area contributed by atoms with Crippen molar-refractivity contribution in [2.24, 2.45) is 5.92 Å². The van der Waals surface area contributed by atoms with E-state index in [1.54, 1.807) is 12.3 Å². The van der Waals surface area contributed by atoms with E-state index in [4.69, 9.17) is 0 Å². The lowest BCUT2D eigenvalue weighted by atomic mass is 9.71. The van der Waals surface area contributed by atoms with Crippen LogP contribution in [0.15, 0.2) is 24.4 Å². The summed E-state index contributed by atoms with van der Waals surface area (Å²) < 4.78 is 13.8. The molecule has 2 rings (SSSR count). The highest BCUT2D eigenvalue weighted by atomic mass is 19.1. The first-order valence-corrected chi connectivity index (χ1v) is 5.31. The summed E-state index contributed by atoms with van der Waals surface area (Å²) in [5.74, 6) is 0.511. The minimum absolute atomic E-state index is 0.511. The van der Waals surface area contributed by atoms with E-state index >= 15 is 0 Å². The van der Waals surface area contributed by atoms with Gasteiger partial charge < -0.3 is 0 Å². The molecule has 0 bridgehead atoms. The summed E-state index contributed by atoms with van der Waals surface area (Å²) in [6.07, 6.45) is 2.91. The van der Waals surface area contributed by atoms with E-state index in [1.807, 2.05) is 26.0 Å². The average Bonchev–Trinajstić information content (AvgIpc) is 2.20. The molecule has 1 fully saturated rings. The number of halogens is 1. The second-order valence-corrected chi connectivity index (χ2v) is 3.69. The van der Waals surface area contributed by atoms with Crippen LogP contribution in [0.1, 0.15) is 39.3 Å². The molecule has 0 unspecified atom stereocenters. The van der Waals surface area contributed by atoms with Gasteiger partial charge in [0.2, 0.25) is 0 Å². The molecule has 1 aliphatic rings. The van der Waals surface area contributed by atoms with Gasteiger partial charge in [-0.3, -0.25) is 4.98 Å². The molecule has 78 valence electrons. The van der Waals surface area contributed by atoms with Gasteiger partial charge in [0.05, 0.1) is 5.69 Å². The lowest BCUT2D eigenvalue weighted by Crippen LogP contribution is -2.36. The Labute approximate surface area is 85.4 Å². The summed E-state index contributed by atoms with van der Waals surface area (Å²) in [7, 11) is 0. The van der Waals surface area contributed by atoms with E-state index in [0.717, 1.165) is 0 Å². The molecule has 1 saturated carbocycles. The van der Waals surface area contributed by atoms with E-state index in [1.165, 1.54) is 0 Å². The average molecular weight is 195 g/mol. The summed E-state index contributed by atoms with van der Waals surface area (Å²) in [6, 6.07) is 5.42. The van der Waals surface area contributed by atoms with Gasteiger partial charge in [0.25, 0.3) is 0 Å². The van der Waals surface area contributed by atoms with Crippen molar-refractivity contribution < 1.29 is 4.39 Å². The molecule has 1 heterocycles. The molecule has 0 N–H and O–H groups in total. The van der Waals surface area contributed by atoms with Gasteiger partial charge in [0.15, 0.2) is 5.67 Å². The van der Waals surface area contributed by atoms with Crippen LogP contribution in [-0.4, -0.2) is 4.98 Å². The maximum Gasteiger partial charge on any atom is 0.153 e. The summed E-state index contributed by atoms with van der Waals surface area (Å²) in [5.41, 5.74) is -0.524. The summed E-state index contributed by atoms with van der Waals surface area (Å²) >= 11 is 0. The van der Waals surface area contributed by atoms with Crippen LogP contribution in [0, 0.1) is 5.92 Å². The van der Waals surface area contributed by atoms with Crippen LogP contribution >= 0.6 is 0 Å². The zero-order valence-electron chi connectivity index (χ0n) is 9.13. The highest BCUT2D eigenvalue weighted by molar-refractivity contribution is 5.16. The van der Waals surface area contributed by atoms with Gasteiger partial charge in [0.1, 0.15) is 0 Å². The molecular weight excluding hydrogens is 177 g/mol. The van der Waals surface area contributed by atoms with Crippen LogP contribution in [-0.2, 0) is 5.67 Å². The highest BCUT2D eigenvalue weighted by Gasteiger charge is 2.44. The molecular formula is C12H18FN. The molecule has 2 heteroatoms. The van der Waals surface area contributed by atoms with Gasteiger partial charge >= 0.3 is 0 Å². The Morgan fingerprint density at radius 3 is 2.43 bits per heavy atom. The van der Waals surface area contributed by atoms with Crippen molar-refractivity contribution in [2.45, 2.75) is 39.3 Å². The molecule has 14 heavy (non-hydrogen) atoms. The first kappa shape index (κ1) is 11.2. The zero-order chi connectivity index (χ0) is 10.6. The number of alkyl halides is 1. The van der Waals surface area contributed by atoms with E-state index in [-0.39, 0.29) is 0 Å². The summed E-state index contributed by atoms with van der Waals surface area (Å²) in [5, 5.41) is 0. The molecule has 0 atom stereocenters. The molecule has 1 aromatic rings. The standard InChI is InChI=1S/C10H12FN.C2H6/c1-8-6-10(11,7-8)9-4-2-3-5-12-9;1-2/h2-5,8H,6-7H2,1H3;1-2H3. The van der Waals surface area contributed by atoms with Gasteiger partial charge in [-0.25, -0.2) is 4.39 Å². The van der Waals surface area contributed by atoms with Crippen LogP contribution < -0.4 is 0 Å². The fourth-order valence-corrected chi connectivity index (χ4v) is 1.88. The third kappa shape index (κ3) is 2.11. The Balaban J connectivity index is 0.000000461. The fraction of sp³-hybridized carbons (Fsp3) is 0.583. The molecule has 0 aliphatic heterocycles. The van der Waals surface area contributed by atoms with Gasteiger partial charge in [-0.1, -0.05) is 26.8 Å². The van der Waals surface area contributed by atoms with Crippen molar-refractivity contribution in [3.8, 4) is 0 Å². The SMILES string of the molecule is CC.CC1CC(F)(c2ccccn2)C1. The molecule has 1 aromatic heterocycles. The number of rotatable bonds is 1. The molecule has 0 saturated heterocycles. The highest BCUT2D eigenvalue weighted by Crippen LogP contribution is 2.47. The summed E-state index contributed by atoms with van der Waals surface area (Å²) in [6.45, 7) is 6.07. The van der Waals surface area contributed by atoms with E-state index in [2.05, 4.69) is 11.9 Å². The number of hydrogen-bond donors (Lipinski definition) is 0. The van der Waals surface area contributed by atoms with E-state index in [0.29, 0.717) is 24.5 Å². The van der Waals surface area contributed by atoms with Crippen LogP contribution in [0.2, 0.25) is 0 Å². The largest absolute Gasteiger partial charge is 0.258 e. The minimum atomic E-state index is -1.12. The number of hydrogen-bond acceptors (Lipinski definition) is 1. The van der Waals surface area contributed by atoms with Crippen molar-refractivity contribution in [2.75, 3.05) is 0 Å². The number of aromatic nitrogens is 1. The van der Waals surface area contributed by atoms with Crippen LogP contribution in [0.25, 0.3) is 0 Å². The monoisotopic (exact) mass is 195 g/mol. The van der Waals surface area contributed by atoms with Crippen LogP contribution in [0.3, 0.4) is 0 Å². The molecule has 0 aromatic carbocycles. The van der Waals surface area contributed by atoms with Gasteiger partial charge in [-0.05, 0) is 30.9 Å². The third-order valence-corrected chi connectivity index (χ3v) is 2.47. The Morgan fingerprint density at radius 1 is 1.36 bits per heavy atom. The quantitative estimate of drug-likeness (QED) is 0.665. The maximum absolute atomic E-state index is 13.8. The second kappa shape index (κ2) is 4.54. The Bertz CT molecular complexity index is 265. The van der Waals surface area contributed by atoms with Gasteiger partial charge in [-0.15, -0.1) is 0 Å². The Kier molecular flexibility index (Phi) is 3.62. The smallest absolute Gasteiger partial charge is 0.153 e. The second-order valence-electron chi connectivity index (χ2n) is 3.69. The van der Waals surface area contributed by atoms with Crippen molar-refractivity contribution in [1.82, 2.24) is 4.98 Å². The first-order valence-electron chi connectivity index (χ1n) is 5.31. The number of pyridine rings is 1. The Hall–Kier alpha value is -0.920. The topological polar surface area (TPSA) is 12.9 Å². The maximum atomic E-state index is 13.8. The van der Waals surface area contributed by atoms with E-state index in [9.17, 15) is 4.39 Å². The molecule has 0 spiro atoms. The van der Waals surface area contributed by atoms with Gasteiger partial charge in [0, 0.05) is 6.20 Å². The van der Waals surface area contributed by atoms with Crippen molar-refractivity contribution in [3.05, 3.63) is 30.1 Å². The zero-order valence-corrected chi connectivity index (χ0v) is 9.13. The van der Waals surface area contributed by atoms with Crippen molar-refractivity contribution >= 4 is 0 Å². The third-order valence-electron chi connectivity index (χ3n) is 2.47. The van der Waals surface area contributed by atoms with Crippen LogP contribution in [0.5, 0.6) is 0 Å². The lowest BCUT2D eigenvalue weighted by molar-refractivity contribution is 0.00729. The predicted octanol–water partition coefficient (Wildman–Crippen LogP) is 3.70. The molecule has 1 aliphatic carbocycles. The normalized spacial score (nSPS) is 29.9. The number of nitrogens with zero attached hydrogens (tertiary/aromatic N) is 1. The van der Waals surface area contributed by atoms with Crippen molar-refractivity contribution in [1.29, 1.82) is 0 Å². The van der Waals surface area contributed by atoms with Gasteiger partial charge in [-0.2, -0.15) is 0 Å². The molecule has 0 radical (unpaired) electrons. The van der Waals surface area contributed by atoms with Crippen molar-refractivity contribution in [3.63, 3.8) is 0 Å². The van der Waals surface area contributed by atoms with Crippen LogP contribution in [0.4, 0.5) is 4.39 Å². The molecule has 0 amide bonds. The Morgan fingerprint density at radius 2 is 2.00 bits per heavy atom. The fourth-order valence-electron chi connectivity index (χ4n) is 1.88. The first-order chi connectivity index (χ1) is 6.71. The lowest BCUT2D eigenvalue weighted by Gasteiger charge is -2.38. The predicted molar refractivity (Wildman–Crippen MR) is 56.8 cm³/mol.